The fourth-order valence-electron chi connectivity index (χ4n) is 4.27. The third-order valence-electron chi connectivity index (χ3n) is 6.40. The van der Waals surface area contributed by atoms with Crippen LogP contribution in [0.4, 0.5) is 0 Å². The van der Waals surface area contributed by atoms with Crippen LogP contribution in [0.15, 0.2) is 29.1 Å². The summed E-state index contributed by atoms with van der Waals surface area (Å²) in [5.41, 5.74) is 0.374. The van der Waals surface area contributed by atoms with Crippen molar-refractivity contribution in [2.24, 2.45) is 0 Å². The van der Waals surface area contributed by atoms with Crippen molar-refractivity contribution in [2.75, 3.05) is 55.2 Å². The molecule has 1 atom stereocenters. The molecule has 1 aromatic heterocycles. The van der Waals surface area contributed by atoms with Crippen molar-refractivity contribution in [3.63, 3.8) is 0 Å². The number of fused-ring (bicyclic) bond motifs is 1. The molecule has 0 amide bonds. The predicted octanol–water partition coefficient (Wildman–Crippen LogP) is 4.09. The van der Waals surface area contributed by atoms with E-state index in [4.69, 9.17) is 40.6 Å². The summed E-state index contributed by atoms with van der Waals surface area (Å²) < 4.78 is 34.3. The molecule has 1 N–H and O–H groups in total. The summed E-state index contributed by atoms with van der Waals surface area (Å²) in [5, 5.41) is 0.360. The van der Waals surface area contributed by atoms with Crippen molar-refractivity contribution >= 4 is 41.5 Å². The van der Waals surface area contributed by atoms with E-state index in [0.717, 1.165) is 13.1 Å². The van der Waals surface area contributed by atoms with Crippen LogP contribution in [0.2, 0.25) is 0 Å². The zero-order valence-corrected chi connectivity index (χ0v) is 25.3. The van der Waals surface area contributed by atoms with Crippen molar-refractivity contribution in [3.05, 3.63) is 45.0 Å². The van der Waals surface area contributed by atoms with E-state index in [2.05, 4.69) is 9.88 Å². The Labute approximate surface area is 244 Å². The maximum Gasteiger partial charge on any atom is 0.338 e. The Morgan fingerprint density at radius 1 is 0.900 bits per heavy atom. The maximum atomic E-state index is 13.5. The zero-order valence-electron chi connectivity index (χ0n) is 23.7. The number of aromatic nitrogens is 2. The minimum atomic E-state index is -0.707. The fraction of sp³-hybridized carbons (Fsp3) is 0.444. The Bertz CT molecular complexity index is 1410. The highest BCUT2D eigenvalue weighted by Crippen LogP contribution is 2.38. The highest BCUT2D eigenvalue weighted by Gasteiger charge is 2.24. The average molecular weight is 598 g/mol. The van der Waals surface area contributed by atoms with Crippen LogP contribution in [-0.4, -0.2) is 81.7 Å². The topological polar surface area (TPSA) is 113 Å². The van der Waals surface area contributed by atoms with Crippen molar-refractivity contribution in [2.45, 2.75) is 26.5 Å². The van der Waals surface area contributed by atoms with Gasteiger partial charge >= 0.3 is 5.97 Å². The van der Waals surface area contributed by atoms with Gasteiger partial charge in [-0.25, -0.2) is 4.79 Å². The van der Waals surface area contributed by atoms with Gasteiger partial charge in [-0.2, -0.15) is 0 Å². The van der Waals surface area contributed by atoms with Gasteiger partial charge in [0.2, 0.25) is 5.75 Å². The molecule has 0 aliphatic carbocycles. The number of nitrogens with zero attached hydrogens (tertiary/aromatic N) is 2. The summed E-state index contributed by atoms with van der Waals surface area (Å²) in [4.78, 5) is 32.1. The van der Waals surface area contributed by atoms with Crippen molar-refractivity contribution < 1.29 is 33.2 Å². The lowest BCUT2D eigenvalue weighted by molar-refractivity contribution is 0.0158. The number of carbonyl (C=O) groups is 1. The van der Waals surface area contributed by atoms with E-state index in [1.54, 1.807) is 12.1 Å². The van der Waals surface area contributed by atoms with Gasteiger partial charge < -0.3 is 38.3 Å². The number of carbonyl (C=O) groups excluding carboxylic acids is 1. The summed E-state index contributed by atoms with van der Waals surface area (Å²) in [6.45, 7) is 5.89. The Kier molecular flexibility index (Phi) is 12.1. The number of methoxy groups -OCH3 is 5. The predicted molar refractivity (Wildman–Crippen MR) is 157 cm³/mol. The molecule has 13 heteroatoms. The lowest BCUT2D eigenvalue weighted by atomic mass is 10.1. The summed E-state index contributed by atoms with van der Waals surface area (Å²) in [5.74, 6) is 1.27. The van der Waals surface area contributed by atoms with Crippen molar-refractivity contribution in [1.29, 1.82) is 0 Å². The fourth-order valence-corrected chi connectivity index (χ4v) is 4.54. The number of rotatable bonds is 13. The molecule has 3 rings (SSSR count). The molecule has 220 valence electrons. The third-order valence-corrected chi connectivity index (χ3v) is 6.73. The van der Waals surface area contributed by atoms with Crippen LogP contribution in [0.5, 0.6) is 28.7 Å². The zero-order chi connectivity index (χ0) is 28.7. The standard InChI is InChI=1S/C27H35N3O8S.ClH/c1-8-29(9-2)14-17(38-26(32)16-10-22(35-5)24(37-7)23(11-16)36-6)15-30-25(31)18-12-20(33-3)21(34-4)13-19(18)28-27(30)39;/h10-13,17H,8-9,14-15H2,1-7H3,(H,28,39);1H. The number of likely N-dealkylation sites (N-methyl/N-ethyl adjacent to an activating group) is 1. The second-order valence-electron chi connectivity index (χ2n) is 8.53. The number of benzene rings is 2. The Morgan fingerprint density at radius 3 is 1.95 bits per heavy atom. The Morgan fingerprint density at radius 2 is 1.45 bits per heavy atom. The lowest BCUT2D eigenvalue weighted by Gasteiger charge is -2.26. The van der Waals surface area contributed by atoms with Gasteiger partial charge in [-0.3, -0.25) is 9.36 Å². The second kappa shape index (κ2) is 14.8. The number of aromatic amines is 1. The molecule has 1 unspecified atom stereocenters. The summed E-state index contributed by atoms with van der Waals surface area (Å²) in [6, 6.07) is 6.30. The normalized spacial score (nSPS) is 11.5. The molecule has 0 aliphatic heterocycles. The summed E-state index contributed by atoms with van der Waals surface area (Å²) in [6.07, 6.45) is -0.707. The van der Waals surface area contributed by atoms with Crippen LogP contribution in [0.3, 0.4) is 0 Å². The quantitative estimate of drug-likeness (QED) is 0.228. The molecule has 3 aromatic rings. The van der Waals surface area contributed by atoms with Crippen LogP contribution in [0, 0.1) is 4.77 Å². The number of nitrogens with one attached hydrogen (secondary N) is 1. The van der Waals surface area contributed by atoms with Gasteiger partial charge in [-0.1, -0.05) is 13.8 Å². The van der Waals surface area contributed by atoms with Crippen LogP contribution in [0.25, 0.3) is 10.9 Å². The third kappa shape index (κ3) is 6.98. The average Bonchev–Trinajstić information content (AvgIpc) is 2.95. The van der Waals surface area contributed by atoms with Crippen molar-refractivity contribution in [3.8, 4) is 28.7 Å². The number of halogens is 1. The minimum absolute atomic E-state index is 0. The number of hydrogen-bond donors (Lipinski definition) is 1. The van der Waals surface area contributed by atoms with Crippen molar-refractivity contribution in [1.82, 2.24) is 14.5 Å². The maximum absolute atomic E-state index is 13.5. The first kappa shape index (κ1) is 32.7. The minimum Gasteiger partial charge on any atom is -0.493 e. The molecule has 0 aliphatic rings. The monoisotopic (exact) mass is 597 g/mol. The number of esters is 1. The molecule has 11 nitrogen and oxygen atoms in total. The molecule has 0 spiro atoms. The first-order chi connectivity index (χ1) is 18.7. The number of hydrogen-bond acceptors (Lipinski definition) is 10. The first-order valence-electron chi connectivity index (χ1n) is 12.4. The van der Waals surface area contributed by atoms with Gasteiger partial charge in [0.05, 0.1) is 58.6 Å². The van der Waals surface area contributed by atoms with Gasteiger partial charge in [0.15, 0.2) is 27.8 Å². The number of ether oxygens (including phenoxy) is 6. The van der Waals surface area contributed by atoms with E-state index >= 15 is 0 Å². The molecule has 40 heavy (non-hydrogen) atoms. The molecule has 1 heterocycles. The molecule has 0 radical (unpaired) electrons. The largest absolute Gasteiger partial charge is 0.493 e. The molecular weight excluding hydrogens is 562 g/mol. The highest BCUT2D eigenvalue weighted by atomic mass is 35.5. The van der Waals surface area contributed by atoms with E-state index in [-0.39, 0.29) is 34.8 Å². The van der Waals surface area contributed by atoms with Gasteiger partial charge in [-0.15, -0.1) is 12.4 Å². The summed E-state index contributed by atoms with van der Waals surface area (Å²) >= 11 is 5.53. The van der Waals surface area contributed by atoms with Crippen LogP contribution in [-0.2, 0) is 11.3 Å². The van der Waals surface area contributed by atoms with Gasteiger partial charge in [0.25, 0.3) is 5.56 Å². The van der Waals surface area contributed by atoms with Gasteiger partial charge in [0.1, 0.15) is 6.10 Å². The van der Waals surface area contributed by atoms with Gasteiger partial charge in [-0.05, 0) is 43.5 Å². The SMILES string of the molecule is CCN(CC)CC(Cn1c(=S)[nH]c2cc(OC)c(OC)cc2c1=O)OC(=O)c1cc(OC)c(OC)c(OC)c1.Cl. The Balaban J connectivity index is 0.00000560. The molecule has 0 saturated carbocycles. The van der Waals surface area contributed by atoms with Crippen LogP contribution >= 0.6 is 24.6 Å². The Hall–Kier alpha value is -3.48. The first-order valence-corrected chi connectivity index (χ1v) is 12.8. The van der Waals surface area contributed by atoms with Gasteiger partial charge in [0, 0.05) is 12.6 Å². The van der Waals surface area contributed by atoms with E-state index in [1.165, 1.54) is 52.2 Å². The van der Waals surface area contributed by atoms with E-state index in [9.17, 15) is 9.59 Å². The highest BCUT2D eigenvalue weighted by molar-refractivity contribution is 7.71. The van der Waals surface area contributed by atoms with Crippen LogP contribution in [0.1, 0.15) is 24.2 Å². The van der Waals surface area contributed by atoms with Crippen LogP contribution < -0.4 is 29.2 Å². The molecule has 2 aromatic carbocycles. The molecule has 0 bridgehead atoms. The number of H-pyrrole nitrogens is 1. The molecule has 0 saturated heterocycles. The van der Waals surface area contributed by atoms with E-state index < -0.39 is 12.1 Å². The second-order valence-corrected chi connectivity index (χ2v) is 8.91. The summed E-state index contributed by atoms with van der Waals surface area (Å²) in [7, 11) is 7.42. The lowest BCUT2D eigenvalue weighted by Crippen LogP contribution is -2.40. The molecule has 0 fully saturated rings. The smallest absolute Gasteiger partial charge is 0.338 e. The van der Waals surface area contributed by atoms with E-state index in [0.29, 0.717) is 46.2 Å². The molecular formula is C27H36ClN3O8S. The van der Waals surface area contributed by atoms with E-state index in [1.807, 2.05) is 13.8 Å².